The molecule has 1 fully saturated rings. The summed E-state index contributed by atoms with van der Waals surface area (Å²) < 4.78 is 45.3. The fourth-order valence-electron chi connectivity index (χ4n) is 4.98. The number of carbonyl (C=O) groups is 1. The molecule has 1 aliphatic heterocycles. The highest BCUT2D eigenvalue weighted by Gasteiger charge is 2.30. The summed E-state index contributed by atoms with van der Waals surface area (Å²) in [6, 6.07) is 9.41. The van der Waals surface area contributed by atoms with Crippen molar-refractivity contribution in [2.75, 3.05) is 30.4 Å². The Kier molecular flexibility index (Phi) is 7.21. The fraction of sp³-hybridized carbons (Fsp3) is 0.321. The van der Waals surface area contributed by atoms with Crippen molar-refractivity contribution >= 4 is 38.8 Å². The molecule has 1 saturated heterocycles. The molecule has 0 aliphatic carbocycles. The van der Waals surface area contributed by atoms with Crippen molar-refractivity contribution in [3.05, 3.63) is 75.4 Å². The van der Waals surface area contributed by atoms with E-state index in [1.807, 2.05) is 18.0 Å². The predicted octanol–water partition coefficient (Wildman–Crippen LogP) is 5.52. The summed E-state index contributed by atoms with van der Waals surface area (Å²) in [7, 11) is 3.41. The van der Waals surface area contributed by atoms with Crippen molar-refractivity contribution in [2.24, 2.45) is 7.05 Å². The van der Waals surface area contributed by atoms with Crippen molar-refractivity contribution < 1.29 is 18.0 Å². The first kappa shape index (κ1) is 26.9. The number of amides is 1. The van der Waals surface area contributed by atoms with Crippen LogP contribution in [0.25, 0.3) is 21.3 Å². The molecule has 0 bridgehead atoms. The number of likely N-dealkylation sites (N-methyl/N-ethyl adjacent to an activating group) is 1. The number of anilines is 2. The number of alkyl halides is 2. The van der Waals surface area contributed by atoms with Gasteiger partial charge in [-0.05, 0) is 50.7 Å². The first-order chi connectivity index (χ1) is 18.5. The highest BCUT2D eigenvalue weighted by Crippen LogP contribution is 2.37. The first-order valence-electron chi connectivity index (χ1n) is 12.5. The molecular weight excluding hydrogens is 527 g/mol. The third-order valence-electron chi connectivity index (χ3n) is 7.42. The van der Waals surface area contributed by atoms with Gasteiger partial charge in [-0.15, -0.1) is 11.3 Å². The van der Waals surface area contributed by atoms with E-state index >= 15 is 4.39 Å². The van der Waals surface area contributed by atoms with Gasteiger partial charge in [0, 0.05) is 55.6 Å². The van der Waals surface area contributed by atoms with E-state index in [9.17, 15) is 18.4 Å². The van der Waals surface area contributed by atoms with Gasteiger partial charge < -0.3 is 14.8 Å². The van der Waals surface area contributed by atoms with E-state index < -0.39 is 29.3 Å². The van der Waals surface area contributed by atoms with Gasteiger partial charge in [0.2, 0.25) is 0 Å². The van der Waals surface area contributed by atoms with Crippen LogP contribution in [0.1, 0.15) is 36.2 Å². The number of rotatable bonds is 5. The lowest BCUT2D eigenvalue weighted by molar-refractivity contribution is 0.101. The number of thiazole rings is 1. The molecule has 5 rings (SSSR count). The van der Waals surface area contributed by atoms with Gasteiger partial charge in [-0.3, -0.25) is 14.5 Å². The third kappa shape index (κ3) is 5.16. The number of piperazine rings is 1. The lowest BCUT2D eigenvalue weighted by atomic mass is 10.0. The first-order valence-corrected chi connectivity index (χ1v) is 13.4. The summed E-state index contributed by atoms with van der Waals surface area (Å²) in [5.74, 6) is -1.29. The number of nitrogens with zero attached hydrogens (tertiary/aromatic N) is 4. The molecule has 4 aromatic rings. The minimum Gasteiger partial charge on any atom is -0.367 e. The van der Waals surface area contributed by atoms with Crippen molar-refractivity contribution in [2.45, 2.75) is 32.4 Å². The van der Waals surface area contributed by atoms with E-state index in [1.165, 1.54) is 30.5 Å². The van der Waals surface area contributed by atoms with Crippen LogP contribution < -0.4 is 15.8 Å². The van der Waals surface area contributed by atoms with Crippen molar-refractivity contribution in [1.82, 2.24) is 14.5 Å². The molecule has 0 radical (unpaired) electrons. The molecule has 2 atom stereocenters. The Bertz CT molecular complexity index is 1610. The number of aryl methyl sites for hydroxylation is 1. The Morgan fingerprint density at radius 2 is 1.82 bits per heavy atom. The van der Waals surface area contributed by atoms with Gasteiger partial charge in [0.05, 0.1) is 32.7 Å². The summed E-state index contributed by atoms with van der Waals surface area (Å²) in [5, 5.41) is 2.75. The highest BCUT2D eigenvalue weighted by atomic mass is 32.1. The summed E-state index contributed by atoms with van der Waals surface area (Å²) in [6.07, 6.45) is -1.92. The average Bonchev–Trinajstić information content (AvgIpc) is 3.37. The molecule has 7 nitrogen and oxygen atoms in total. The van der Waals surface area contributed by atoms with Gasteiger partial charge in [-0.25, -0.2) is 18.2 Å². The van der Waals surface area contributed by atoms with E-state index in [2.05, 4.69) is 29.0 Å². The summed E-state index contributed by atoms with van der Waals surface area (Å²) in [4.78, 5) is 33.9. The molecule has 11 heteroatoms. The molecule has 1 N–H and O–H groups in total. The molecule has 0 spiro atoms. The normalized spacial score (nSPS) is 18.2. The van der Waals surface area contributed by atoms with Crippen molar-refractivity contribution in [1.29, 1.82) is 0 Å². The van der Waals surface area contributed by atoms with Crippen LogP contribution in [0.4, 0.5) is 24.5 Å². The van der Waals surface area contributed by atoms with Gasteiger partial charge in [0.25, 0.3) is 17.9 Å². The number of hydrogen-bond donors (Lipinski definition) is 1. The largest absolute Gasteiger partial charge is 0.367 e. The van der Waals surface area contributed by atoms with E-state index in [1.54, 1.807) is 17.6 Å². The molecule has 204 valence electrons. The Morgan fingerprint density at radius 1 is 1.10 bits per heavy atom. The molecule has 2 aromatic carbocycles. The van der Waals surface area contributed by atoms with Crippen LogP contribution in [-0.4, -0.2) is 52.6 Å². The van der Waals surface area contributed by atoms with Crippen molar-refractivity contribution in [3.8, 4) is 11.1 Å². The van der Waals surface area contributed by atoms with Gasteiger partial charge in [0.15, 0.2) is 0 Å². The number of fused-ring (bicyclic) bond motifs is 1. The second-order valence-electron chi connectivity index (χ2n) is 10.00. The van der Waals surface area contributed by atoms with Gasteiger partial charge in [0.1, 0.15) is 5.82 Å². The van der Waals surface area contributed by atoms with E-state index in [-0.39, 0.29) is 28.9 Å². The van der Waals surface area contributed by atoms with Crippen LogP contribution >= 0.6 is 11.3 Å². The number of halogens is 3. The van der Waals surface area contributed by atoms with Crippen molar-refractivity contribution in [3.63, 3.8) is 0 Å². The Hall–Kier alpha value is -3.70. The SMILES string of the molecule is CC1CN(c2cc(F)c(-c3ccc4scnc4c3)cc2NC(=O)c2cn(C)c(=O)cc2C(F)F)CC(C)N1C. The second-order valence-corrected chi connectivity index (χ2v) is 10.9. The van der Waals surface area contributed by atoms with Gasteiger partial charge in [-0.2, -0.15) is 0 Å². The van der Waals surface area contributed by atoms with Crippen LogP contribution in [0.15, 0.2) is 52.9 Å². The number of pyridine rings is 1. The van der Waals surface area contributed by atoms with Crippen LogP contribution in [0.3, 0.4) is 0 Å². The van der Waals surface area contributed by atoms with Gasteiger partial charge in [-0.1, -0.05) is 6.07 Å². The number of nitrogens with one attached hydrogen (secondary N) is 1. The van der Waals surface area contributed by atoms with Crippen LogP contribution in [0.5, 0.6) is 0 Å². The molecule has 2 aromatic heterocycles. The lowest BCUT2D eigenvalue weighted by Gasteiger charge is -2.44. The maximum atomic E-state index is 15.7. The van der Waals surface area contributed by atoms with E-state index in [0.717, 1.165) is 27.0 Å². The Balaban J connectivity index is 1.62. The Morgan fingerprint density at radius 3 is 2.51 bits per heavy atom. The number of carbonyl (C=O) groups excluding carboxylic acids is 1. The highest BCUT2D eigenvalue weighted by molar-refractivity contribution is 7.16. The maximum Gasteiger partial charge on any atom is 0.264 e. The minimum atomic E-state index is -3.02. The molecule has 1 aliphatic rings. The third-order valence-corrected chi connectivity index (χ3v) is 8.23. The number of aromatic nitrogens is 2. The zero-order valence-corrected chi connectivity index (χ0v) is 22.7. The quantitative estimate of drug-likeness (QED) is 0.351. The summed E-state index contributed by atoms with van der Waals surface area (Å²) in [5.41, 5.74) is 2.36. The van der Waals surface area contributed by atoms with Crippen LogP contribution in [0, 0.1) is 5.82 Å². The van der Waals surface area contributed by atoms with Gasteiger partial charge >= 0.3 is 0 Å². The average molecular weight is 556 g/mol. The molecule has 39 heavy (non-hydrogen) atoms. The number of benzene rings is 2. The van der Waals surface area contributed by atoms with Crippen LogP contribution in [0.2, 0.25) is 0 Å². The second kappa shape index (κ2) is 10.5. The standard InChI is InChI=1S/C28H28F3N5O2S/c1-15-11-36(12-16(2)35(15)4)24-10-21(29)18(17-5-6-25-23(7-17)32-14-39-25)8-22(24)33-28(38)20-13-34(3)26(37)9-19(20)27(30)31/h5-10,13-16,27H,11-12H2,1-4H3,(H,33,38). The zero-order chi connectivity index (χ0) is 28.0. The smallest absolute Gasteiger partial charge is 0.264 e. The summed E-state index contributed by atoms with van der Waals surface area (Å²) >= 11 is 1.47. The number of hydrogen-bond acceptors (Lipinski definition) is 6. The molecule has 0 saturated carbocycles. The van der Waals surface area contributed by atoms with E-state index in [0.29, 0.717) is 24.3 Å². The van der Waals surface area contributed by atoms with E-state index in [4.69, 9.17) is 0 Å². The Labute approximate surface area is 227 Å². The molecular formula is C28H28F3N5O2S. The topological polar surface area (TPSA) is 70.5 Å². The zero-order valence-electron chi connectivity index (χ0n) is 21.9. The fourth-order valence-corrected chi connectivity index (χ4v) is 5.64. The monoisotopic (exact) mass is 555 g/mol. The minimum absolute atomic E-state index is 0.154. The molecule has 1 amide bonds. The lowest BCUT2D eigenvalue weighted by Crippen LogP contribution is -2.55. The van der Waals surface area contributed by atoms with Crippen LogP contribution in [-0.2, 0) is 7.05 Å². The molecule has 3 heterocycles. The maximum absolute atomic E-state index is 15.7. The predicted molar refractivity (Wildman–Crippen MR) is 149 cm³/mol. The molecule has 2 unspecified atom stereocenters. The summed E-state index contributed by atoms with van der Waals surface area (Å²) in [6.45, 7) is 5.28.